The largest absolute Gasteiger partial charge is 0.487 e. The Bertz CT molecular complexity index is 1100. The molecule has 0 atom stereocenters. The summed E-state index contributed by atoms with van der Waals surface area (Å²) in [6.45, 7) is 0.417. The Labute approximate surface area is 157 Å². The zero-order chi connectivity index (χ0) is 20.3. The minimum atomic E-state index is -0.857. The average molecular weight is 390 g/mol. The van der Waals surface area contributed by atoms with Crippen LogP contribution in [0.25, 0.3) is 10.9 Å². The molecule has 0 bridgehead atoms. The lowest BCUT2D eigenvalue weighted by Crippen LogP contribution is -2.27. The van der Waals surface area contributed by atoms with E-state index in [1.54, 1.807) is 13.0 Å². The Hall–Kier alpha value is -3.36. The molecule has 3 aromatic rings. The highest BCUT2D eigenvalue weighted by Crippen LogP contribution is 2.25. The van der Waals surface area contributed by atoms with Crippen molar-refractivity contribution >= 4 is 16.8 Å². The second-order valence-corrected chi connectivity index (χ2v) is 5.99. The van der Waals surface area contributed by atoms with Crippen molar-refractivity contribution in [3.05, 3.63) is 69.3 Å². The van der Waals surface area contributed by atoms with Gasteiger partial charge in [-0.2, -0.15) is 0 Å². The first kappa shape index (κ1) is 19.4. The van der Waals surface area contributed by atoms with E-state index in [9.17, 15) is 22.8 Å². The standard InChI is InChI=1S/C19H16F3N3O3/c1-10-8-11(2-3-12(10)21)9-23-19(27)17-24-14-5-4-13(22)16(28-7-6-20)15(14)18(26)25-17/h2-5,8H,6-7,9H2,1H3,(H,23,27)(H,24,25,26)/i20-1. The van der Waals surface area contributed by atoms with Crippen LogP contribution in [0.15, 0.2) is 35.1 Å². The van der Waals surface area contributed by atoms with Crippen LogP contribution in [0.5, 0.6) is 5.75 Å². The van der Waals surface area contributed by atoms with Gasteiger partial charge in [-0.05, 0) is 36.2 Å². The number of nitrogens with zero attached hydrogens (tertiary/aromatic N) is 1. The van der Waals surface area contributed by atoms with Gasteiger partial charge >= 0.3 is 0 Å². The van der Waals surface area contributed by atoms with Crippen molar-refractivity contribution in [2.24, 2.45) is 0 Å². The van der Waals surface area contributed by atoms with Gasteiger partial charge in [0.05, 0.1) is 5.52 Å². The predicted octanol–water partition coefficient (Wildman–Crippen LogP) is 2.79. The van der Waals surface area contributed by atoms with Gasteiger partial charge in [-0.1, -0.05) is 12.1 Å². The number of aryl methyl sites for hydroxylation is 1. The monoisotopic (exact) mass is 390 g/mol. The second kappa shape index (κ2) is 8.12. The van der Waals surface area contributed by atoms with Crippen molar-refractivity contribution in [2.75, 3.05) is 13.3 Å². The number of carbonyl (C=O) groups is 1. The Morgan fingerprint density at radius 3 is 2.68 bits per heavy atom. The summed E-state index contributed by atoms with van der Waals surface area (Å²) in [5.74, 6) is -2.56. The summed E-state index contributed by atoms with van der Waals surface area (Å²) in [4.78, 5) is 30.9. The maximum Gasteiger partial charge on any atom is 0.287 e. The van der Waals surface area contributed by atoms with E-state index in [2.05, 4.69) is 15.3 Å². The molecular weight excluding hydrogens is 374 g/mol. The third-order valence-electron chi connectivity index (χ3n) is 3.99. The molecule has 0 radical (unpaired) electrons. The molecule has 0 aliphatic heterocycles. The van der Waals surface area contributed by atoms with Crippen LogP contribution in [-0.4, -0.2) is 29.2 Å². The molecule has 0 fully saturated rings. The number of carbonyl (C=O) groups excluding carboxylic acids is 1. The number of fused-ring (bicyclic) bond motifs is 1. The summed E-state index contributed by atoms with van der Waals surface area (Å²) in [6, 6.07) is 6.65. The zero-order valence-electron chi connectivity index (χ0n) is 14.8. The normalized spacial score (nSPS) is 10.9. The molecule has 2 N–H and O–H groups in total. The molecule has 3 rings (SSSR count). The molecule has 1 amide bonds. The fourth-order valence-electron chi connectivity index (χ4n) is 2.65. The minimum Gasteiger partial charge on any atom is -0.487 e. The zero-order valence-corrected chi connectivity index (χ0v) is 14.8. The van der Waals surface area contributed by atoms with E-state index in [1.165, 1.54) is 18.2 Å². The Balaban J connectivity index is 1.87. The first-order valence-corrected chi connectivity index (χ1v) is 8.35. The topological polar surface area (TPSA) is 84.1 Å². The van der Waals surface area contributed by atoms with Gasteiger partial charge in [-0.25, -0.2) is 18.2 Å². The number of hydrogen-bond donors (Lipinski definition) is 2. The van der Waals surface area contributed by atoms with Crippen molar-refractivity contribution in [2.45, 2.75) is 13.5 Å². The molecule has 0 unspecified atom stereocenters. The first-order valence-electron chi connectivity index (χ1n) is 8.35. The van der Waals surface area contributed by atoms with Crippen LogP contribution in [-0.2, 0) is 6.54 Å². The third-order valence-corrected chi connectivity index (χ3v) is 3.99. The number of rotatable bonds is 6. The molecule has 0 saturated carbocycles. The summed E-state index contributed by atoms with van der Waals surface area (Å²) in [6.07, 6.45) is 0. The summed E-state index contributed by atoms with van der Waals surface area (Å²) < 4.78 is 44.5. The maximum absolute atomic E-state index is 13.9. The van der Waals surface area contributed by atoms with Crippen molar-refractivity contribution in [3.8, 4) is 5.75 Å². The number of nitrogens with one attached hydrogen (secondary N) is 2. The number of halogens is 3. The lowest BCUT2D eigenvalue weighted by Gasteiger charge is -2.10. The molecule has 9 heteroatoms. The van der Waals surface area contributed by atoms with Gasteiger partial charge in [0.25, 0.3) is 11.5 Å². The summed E-state index contributed by atoms with van der Waals surface area (Å²) in [5, 5.41) is 2.36. The Morgan fingerprint density at radius 2 is 1.96 bits per heavy atom. The molecule has 6 nitrogen and oxygen atoms in total. The molecule has 28 heavy (non-hydrogen) atoms. The van der Waals surface area contributed by atoms with E-state index < -0.39 is 36.3 Å². The lowest BCUT2D eigenvalue weighted by molar-refractivity contribution is 0.0940. The van der Waals surface area contributed by atoms with Crippen molar-refractivity contribution < 1.29 is 22.7 Å². The van der Waals surface area contributed by atoms with E-state index in [0.717, 1.165) is 6.07 Å². The highest BCUT2D eigenvalue weighted by atomic mass is 19.1. The number of H-pyrrole nitrogens is 1. The van der Waals surface area contributed by atoms with Gasteiger partial charge in [-0.3, -0.25) is 9.59 Å². The summed E-state index contributed by atoms with van der Waals surface area (Å²) >= 11 is 0. The SMILES string of the molecule is Cc1cc(CNC(=O)c2nc3ccc(F)c(OCC[18F])c3c(=O)[nH]2)ccc1F. The molecular formula is C19H16F3N3O3. The molecule has 146 valence electrons. The number of aromatic nitrogens is 2. The molecule has 1 heterocycles. The van der Waals surface area contributed by atoms with Crippen molar-refractivity contribution in [1.29, 1.82) is 0 Å². The Kier molecular flexibility index (Phi) is 5.62. The van der Waals surface area contributed by atoms with Crippen LogP contribution in [0.3, 0.4) is 0 Å². The van der Waals surface area contributed by atoms with Crippen molar-refractivity contribution in [1.82, 2.24) is 15.3 Å². The smallest absolute Gasteiger partial charge is 0.287 e. The minimum absolute atomic E-state index is 0.0294. The molecule has 0 aliphatic carbocycles. The van der Waals surface area contributed by atoms with Gasteiger partial charge in [-0.15, -0.1) is 0 Å². The summed E-state index contributed by atoms with van der Waals surface area (Å²) in [5.41, 5.74) is 0.342. The fraction of sp³-hybridized carbons (Fsp3) is 0.211. The van der Waals surface area contributed by atoms with Gasteiger partial charge < -0.3 is 15.0 Å². The number of ether oxygens (including phenoxy) is 1. The molecule has 0 spiro atoms. The highest BCUT2D eigenvalue weighted by molar-refractivity contribution is 5.93. The van der Waals surface area contributed by atoms with E-state index >= 15 is 0 Å². The number of hydrogen-bond acceptors (Lipinski definition) is 4. The number of alkyl halides is 1. The Morgan fingerprint density at radius 1 is 1.21 bits per heavy atom. The quantitative estimate of drug-likeness (QED) is 0.678. The van der Waals surface area contributed by atoms with Crippen LogP contribution >= 0.6 is 0 Å². The van der Waals surface area contributed by atoms with Crippen molar-refractivity contribution in [3.63, 3.8) is 0 Å². The molecule has 0 saturated heterocycles. The van der Waals surface area contributed by atoms with Crippen LogP contribution in [0.2, 0.25) is 0 Å². The fourth-order valence-corrected chi connectivity index (χ4v) is 2.65. The van der Waals surface area contributed by atoms with Crippen LogP contribution in [0, 0.1) is 18.6 Å². The van der Waals surface area contributed by atoms with Gasteiger partial charge in [0, 0.05) is 6.54 Å². The third kappa shape index (κ3) is 3.98. The van der Waals surface area contributed by atoms with E-state index in [1.807, 2.05) is 0 Å². The summed E-state index contributed by atoms with van der Waals surface area (Å²) in [7, 11) is 0. The molecule has 2 aromatic carbocycles. The van der Waals surface area contributed by atoms with Gasteiger partial charge in [0.15, 0.2) is 17.4 Å². The average Bonchev–Trinajstić information content (AvgIpc) is 2.68. The van der Waals surface area contributed by atoms with E-state index in [4.69, 9.17) is 4.74 Å². The first-order chi connectivity index (χ1) is 13.4. The van der Waals surface area contributed by atoms with Crippen LogP contribution < -0.4 is 15.6 Å². The maximum atomic E-state index is 13.9. The number of aromatic amines is 1. The highest BCUT2D eigenvalue weighted by Gasteiger charge is 2.17. The number of benzene rings is 2. The van der Waals surface area contributed by atoms with E-state index in [0.29, 0.717) is 11.1 Å². The lowest BCUT2D eigenvalue weighted by atomic mass is 10.1. The van der Waals surface area contributed by atoms with Crippen LogP contribution in [0.1, 0.15) is 21.7 Å². The van der Waals surface area contributed by atoms with Gasteiger partial charge in [0.1, 0.15) is 24.5 Å². The van der Waals surface area contributed by atoms with Crippen LogP contribution in [0.4, 0.5) is 13.2 Å². The predicted molar refractivity (Wildman–Crippen MR) is 96.1 cm³/mol. The number of amides is 1. The van der Waals surface area contributed by atoms with Gasteiger partial charge in [0.2, 0.25) is 0 Å². The van der Waals surface area contributed by atoms with E-state index in [-0.39, 0.29) is 29.1 Å². The molecule has 0 aliphatic rings. The second-order valence-electron chi connectivity index (χ2n) is 5.99. The molecule has 1 aromatic heterocycles.